The van der Waals surface area contributed by atoms with E-state index in [1.54, 1.807) is 0 Å². The van der Waals surface area contributed by atoms with Crippen molar-refractivity contribution >= 4 is 0 Å². The molecule has 0 amide bonds. The van der Waals surface area contributed by atoms with E-state index in [2.05, 4.69) is 18.7 Å². The second-order valence-electron chi connectivity index (χ2n) is 7.46. The number of nitrogens with zero attached hydrogens (tertiary/aromatic N) is 1. The molecule has 1 saturated carbocycles. The Morgan fingerprint density at radius 1 is 1.21 bits per heavy atom. The third-order valence-electron chi connectivity index (χ3n) is 5.45. The van der Waals surface area contributed by atoms with Gasteiger partial charge in [-0.05, 0) is 62.9 Å². The zero-order chi connectivity index (χ0) is 14.0. The van der Waals surface area contributed by atoms with Crippen LogP contribution in [0.15, 0.2) is 0 Å². The molecule has 0 aromatic heterocycles. The zero-order valence-electron chi connectivity index (χ0n) is 12.8. The highest BCUT2D eigenvalue weighted by molar-refractivity contribution is 4.90. The van der Waals surface area contributed by atoms with Gasteiger partial charge in [0.25, 0.3) is 0 Å². The summed E-state index contributed by atoms with van der Waals surface area (Å²) in [5.41, 5.74) is 0.0842. The van der Waals surface area contributed by atoms with E-state index in [1.807, 2.05) is 6.92 Å². The molecule has 1 heterocycles. The Kier molecular flexibility index (Phi) is 4.91. The normalized spacial score (nSPS) is 35.2. The van der Waals surface area contributed by atoms with Gasteiger partial charge in [0.05, 0.1) is 12.2 Å². The maximum Gasteiger partial charge on any atom is 0.0631 e. The van der Waals surface area contributed by atoms with Gasteiger partial charge in [-0.25, -0.2) is 0 Å². The number of likely N-dealkylation sites (tertiary alicyclic amines) is 1. The SMILES string of the molecule is CC(O)C1CCN(CC2CCCC(C)(C)C2O)CC1. The summed E-state index contributed by atoms with van der Waals surface area (Å²) in [6, 6.07) is 0. The van der Waals surface area contributed by atoms with Crippen LogP contribution in [0.5, 0.6) is 0 Å². The molecular weight excluding hydrogens is 238 g/mol. The number of aliphatic hydroxyl groups is 2. The summed E-state index contributed by atoms with van der Waals surface area (Å²) in [6.07, 6.45) is 5.44. The van der Waals surface area contributed by atoms with Gasteiger partial charge in [0.1, 0.15) is 0 Å². The van der Waals surface area contributed by atoms with Gasteiger partial charge in [-0.1, -0.05) is 20.3 Å². The maximum atomic E-state index is 10.5. The fourth-order valence-corrected chi connectivity index (χ4v) is 3.90. The lowest BCUT2D eigenvalue weighted by atomic mass is 9.69. The molecule has 0 aromatic carbocycles. The molecule has 1 aliphatic heterocycles. The van der Waals surface area contributed by atoms with Gasteiger partial charge in [0.2, 0.25) is 0 Å². The number of hydrogen-bond donors (Lipinski definition) is 2. The van der Waals surface area contributed by atoms with Crippen LogP contribution in [0, 0.1) is 17.3 Å². The molecule has 1 aliphatic carbocycles. The summed E-state index contributed by atoms with van der Waals surface area (Å²) in [4.78, 5) is 2.49. The molecule has 2 rings (SSSR count). The molecule has 0 bridgehead atoms. The summed E-state index contributed by atoms with van der Waals surface area (Å²) in [5, 5.41) is 20.1. The summed E-state index contributed by atoms with van der Waals surface area (Å²) >= 11 is 0. The second kappa shape index (κ2) is 6.11. The summed E-state index contributed by atoms with van der Waals surface area (Å²) in [5.74, 6) is 0.913. The highest BCUT2D eigenvalue weighted by Crippen LogP contribution is 2.39. The van der Waals surface area contributed by atoms with E-state index < -0.39 is 0 Å². The zero-order valence-corrected chi connectivity index (χ0v) is 12.8. The van der Waals surface area contributed by atoms with Gasteiger partial charge in [0, 0.05) is 6.54 Å². The first kappa shape index (κ1) is 15.3. The van der Waals surface area contributed by atoms with Crippen LogP contribution < -0.4 is 0 Å². The largest absolute Gasteiger partial charge is 0.393 e. The molecule has 2 aliphatic rings. The van der Waals surface area contributed by atoms with Crippen LogP contribution in [0.25, 0.3) is 0 Å². The van der Waals surface area contributed by atoms with E-state index in [9.17, 15) is 10.2 Å². The summed E-state index contributed by atoms with van der Waals surface area (Å²) in [6.45, 7) is 9.51. The van der Waals surface area contributed by atoms with E-state index in [0.29, 0.717) is 11.8 Å². The van der Waals surface area contributed by atoms with E-state index in [1.165, 1.54) is 12.8 Å². The Labute approximate surface area is 118 Å². The van der Waals surface area contributed by atoms with Crippen LogP contribution in [0.2, 0.25) is 0 Å². The standard InChI is InChI=1S/C16H31NO2/c1-12(18)13-6-9-17(10-7-13)11-14-5-4-8-16(2,3)15(14)19/h12-15,18-19H,4-11H2,1-3H3. The Morgan fingerprint density at radius 3 is 2.42 bits per heavy atom. The summed E-state index contributed by atoms with van der Waals surface area (Å²) < 4.78 is 0. The quantitative estimate of drug-likeness (QED) is 0.826. The predicted octanol–water partition coefficient (Wildman–Crippen LogP) is 2.27. The van der Waals surface area contributed by atoms with Crippen molar-refractivity contribution in [1.29, 1.82) is 0 Å². The molecule has 3 atom stereocenters. The van der Waals surface area contributed by atoms with E-state index in [0.717, 1.165) is 38.9 Å². The highest BCUT2D eigenvalue weighted by atomic mass is 16.3. The van der Waals surface area contributed by atoms with Gasteiger partial charge in [-0.15, -0.1) is 0 Å². The molecule has 2 N–H and O–H groups in total. The fraction of sp³-hybridized carbons (Fsp3) is 1.00. The van der Waals surface area contributed by atoms with E-state index >= 15 is 0 Å². The maximum absolute atomic E-state index is 10.5. The van der Waals surface area contributed by atoms with Gasteiger partial charge in [-0.2, -0.15) is 0 Å². The van der Waals surface area contributed by atoms with Gasteiger partial charge >= 0.3 is 0 Å². The first-order valence-electron chi connectivity index (χ1n) is 7.98. The fourth-order valence-electron chi connectivity index (χ4n) is 3.90. The molecule has 3 heteroatoms. The van der Waals surface area contributed by atoms with E-state index in [-0.39, 0.29) is 17.6 Å². The average Bonchev–Trinajstić information content (AvgIpc) is 2.35. The van der Waals surface area contributed by atoms with Crippen molar-refractivity contribution in [3.05, 3.63) is 0 Å². The van der Waals surface area contributed by atoms with E-state index in [4.69, 9.17) is 0 Å². The van der Waals surface area contributed by atoms with Crippen molar-refractivity contribution in [1.82, 2.24) is 4.90 Å². The minimum atomic E-state index is -0.165. The van der Waals surface area contributed by atoms with Crippen LogP contribution in [0.1, 0.15) is 52.9 Å². The molecule has 0 radical (unpaired) electrons. The van der Waals surface area contributed by atoms with Crippen LogP contribution in [-0.2, 0) is 0 Å². The smallest absolute Gasteiger partial charge is 0.0631 e. The van der Waals surface area contributed by atoms with Gasteiger partial charge in [-0.3, -0.25) is 0 Å². The second-order valence-corrected chi connectivity index (χ2v) is 7.46. The Bertz CT molecular complexity index is 282. The lowest BCUT2D eigenvalue weighted by Gasteiger charge is -2.43. The molecular formula is C16H31NO2. The average molecular weight is 269 g/mol. The molecule has 0 spiro atoms. The molecule has 3 unspecified atom stereocenters. The predicted molar refractivity (Wildman–Crippen MR) is 78.0 cm³/mol. The van der Waals surface area contributed by atoms with Crippen LogP contribution in [0.4, 0.5) is 0 Å². The molecule has 1 saturated heterocycles. The van der Waals surface area contributed by atoms with Crippen molar-refractivity contribution < 1.29 is 10.2 Å². The van der Waals surface area contributed by atoms with Crippen LogP contribution in [0.3, 0.4) is 0 Å². The molecule has 2 fully saturated rings. The minimum Gasteiger partial charge on any atom is -0.393 e. The third kappa shape index (κ3) is 3.71. The van der Waals surface area contributed by atoms with Crippen molar-refractivity contribution in [2.24, 2.45) is 17.3 Å². The van der Waals surface area contributed by atoms with Gasteiger partial charge < -0.3 is 15.1 Å². The van der Waals surface area contributed by atoms with Crippen LogP contribution in [-0.4, -0.2) is 47.0 Å². The molecule has 19 heavy (non-hydrogen) atoms. The van der Waals surface area contributed by atoms with Crippen molar-refractivity contribution in [3.63, 3.8) is 0 Å². The molecule has 112 valence electrons. The number of rotatable bonds is 3. The molecule has 0 aromatic rings. The number of piperidine rings is 1. The monoisotopic (exact) mass is 269 g/mol. The van der Waals surface area contributed by atoms with Crippen LogP contribution >= 0.6 is 0 Å². The van der Waals surface area contributed by atoms with Gasteiger partial charge in [0.15, 0.2) is 0 Å². The Hall–Kier alpha value is -0.120. The lowest BCUT2D eigenvalue weighted by molar-refractivity contribution is -0.0473. The minimum absolute atomic E-state index is 0.0842. The number of aliphatic hydroxyl groups excluding tert-OH is 2. The molecule has 3 nitrogen and oxygen atoms in total. The van der Waals surface area contributed by atoms with Crippen molar-refractivity contribution in [2.45, 2.75) is 65.1 Å². The van der Waals surface area contributed by atoms with Crippen molar-refractivity contribution in [3.8, 4) is 0 Å². The third-order valence-corrected chi connectivity index (χ3v) is 5.45. The lowest BCUT2D eigenvalue weighted by Crippen LogP contribution is -2.47. The Balaban J connectivity index is 1.82. The highest BCUT2D eigenvalue weighted by Gasteiger charge is 2.38. The van der Waals surface area contributed by atoms with Crippen molar-refractivity contribution in [2.75, 3.05) is 19.6 Å². The topological polar surface area (TPSA) is 43.7 Å². The summed E-state index contributed by atoms with van der Waals surface area (Å²) in [7, 11) is 0. The number of hydrogen-bond acceptors (Lipinski definition) is 3. The first-order valence-corrected chi connectivity index (χ1v) is 7.98. The Morgan fingerprint density at radius 2 is 1.84 bits per heavy atom. The first-order chi connectivity index (χ1) is 8.90.